The lowest BCUT2D eigenvalue weighted by Crippen LogP contribution is -2.02. The van der Waals surface area contributed by atoms with Gasteiger partial charge in [0.05, 0.1) is 12.2 Å². The van der Waals surface area contributed by atoms with E-state index in [1.54, 1.807) is 6.20 Å². The first-order valence-corrected chi connectivity index (χ1v) is 5.10. The molecule has 0 amide bonds. The lowest BCUT2D eigenvalue weighted by Gasteiger charge is -2.01. The highest BCUT2D eigenvalue weighted by Gasteiger charge is 2.00. The predicted octanol–water partition coefficient (Wildman–Crippen LogP) is 2.00. The Bertz CT molecular complexity index is 526. The highest BCUT2D eigenvalue weighted by molar-refractivity contribution is 7.71. The minimum absolute atomic E-state index is 0.687. The van der Waals surface area contributed by atoms with Crippen LogP contribution in [-0.4, -0.2) is 19.5 Å². The van der Waals surface area contributed by atoms with E-state index in [2.05, 4.69) is 15.0 Å². The fourth-order valence-corrected chi connectivity index (χ4v) is 1.73. The van der Waals surface area contributed by atoms with E-state index in [0.29, 0.717) is 6.54 Å². The largest absolute Gasteiger partial charge is 0.335 e. The molecule has 2 heterocycles. The molecule has 0 aromatic carbocycles. The summed E-state index contributed by atoms with van der Waals surface area (Å²) in [6.45, 7) is 4.55. The van der Waals surface area contributed by atoms with Crippen LogP contribution >= 0.6 is 12.2 Å². The summed E-state index contributed by atoms with van der Waals surface area (Å²) in [6, 6.07) is 1.90. The average Bonchev–Trinajstić information content (AvgIpc) is 2.45. The van der Waals surface area contributed by atoms with Crippen LogP contribution in [0.15, 0.2) is 18.5 Å². The Kier molecular flexibility index (Phi) is 2.64. The van der Waals surface area contributed by atoms with Gasteiger partial charge in [0.25, 0.3) is 0 Å². The summed E-state index contributed by atoms with van der Waals surface area (Å²) in [4.78, 5) is 11.5. The van der Waals surface area contributed by atoms with Gasteiger partial charge in [-0.25, -0.2) is 9.97 Å². The molecule has 0 aliphatic carbocycles. The molecule has 0 unspecified atom stereocenters. The fourth-order valence-electron chi connectivity index (χ4n) is 1.45. The monoisotopic (exact) mass is 220 g/mol. The maximum atomic E-state index is 5.17. The molecule has 0 fully saturated rings. The Morgan fingerprint density at radius 2 is 2.27 bits per heavy atom. The van der Waals surface area contributed by atoms with E-state index in [1.165, 1.54) is 0 Å². The smallest absolute Gasteiger partial charge is 0.177 e. The molecule has 0 aliphatic rings. The highest BCUT2D eigenvalue weighted by atomic mass is 32.1. The summed E-state index contributed by atoms with van der Waals surface area (Å²) >= 11 is 5.17. The van der Waals surface area contributed by atoms with Crippen molar-refractivity contribution in [3.63, 3.8) is 0 Å². The van der Waals surface area contributed by atoms with Gasteiger partial charge in [-0.1, -0.05) is 0 Å². The standard InChI is InChI=1S/C10H12N4S/c1-7-5-14(10(15)12-7)6-9-3-4-11-8(2)13-9/h3-5H,6H2,1-2H3,(H,12,15). The van der Waals surface area contributed by atoms with Crippen LogP contribution < -0.4 is 0 Å². The SMILES string of the molecule is Cc1nccc(Cn2cc(C)[nH]c2=S)n1. The van der Waals surface area contributed by atoms with Crippen molar-refractivity contribution in [2.24, 2.45) is 0 Å². The van der Waals surface area contributed by atoms with E-state index in [1.807, 2.05) is 30.7 Å². The van der Waals surface area contributed by atoms with Gasteiger partial charge in [0.2, 0.25) is 0 Å². The summed E-state index contributed by atoms with van der Waals surface area (Å²) < 4.78 is 2.69. The van der Waals surface area contributed by atoms with Gasteiger partial charge in [0.1, 0.15) is 5.82 Å². The van der Waals surface area contributed by atoms with Crippen LogP contribution in [0.25, 0.3) is 0 Å². The molecule has 0 atom stereocenters. The number of aromatic nitrogens is 4. The fraction of sp³-hybridized carbons (Fsp3) is 0.300. The molecular formula is C10H12N4S. The van der Waals surface area contributed by atoms with E-state index in [4.69, 9.17) is 12.2 Å². The third-order valence-electron chi connectivity index (χ3n) is 2.08. The van der Waals surface area contributed by atoms with Crippen molar-refractivity contribution in [1.82, 2.24) is 19.5 Å². The molecule has 2 rings (SSSR count). The Morgan fingerprint density at radius 1 is 1.47 bits per heavy atom. The quantitative estimate of drug-likeness (QED) is 0.787. The summed E-state index contributed by atoms with van der Waals surface area (Å²) in [5, 5.41) is 0. The first-order chi connectivity index (χ1) is 7.15. The molecule has 4 nitrogen and oxygen atoms in total. The minimum atomic E-state index is 0.687. The lowest BCUT2D eigenvalue weighted by atomic mass is 10.4. The van der Waals surface area contributed by atoms with Crippen molar-refractivity contribution < 1.29 is 0 Å². The molecule has 0 bridgehead atoms. The normalized spacial score (nSPS) is 10.5. The van der Waals surface area contributed by atoms with Gasteiger partial charge in [-0.3, -0.25) is 0 Å². The first kappa shape index (κ1) is 10.0. The number of H-pyrrole nitrogens is 1. The molecule has 0 saturated carbocycles. The van der Waals surface area contributed by atoms with Crippen LogP contribution in [0, 0.1) is 18.6 Å². The minimum Gasteiger partial charge on any atom is -0.335 e. The number of hydrogen-bond donors (Lipinski definition) is 1. The lowest BCUT2D eigenvalue weighted by molar-refractivity contribution is 0.751. The van der Waals surface area contributed by atoms with Crippen molar-refractivity contribution in [1.29, 1.82) is 0 Å². The molecule has 78 valence electrons. The Labute approximate surface area is 93.0 Å². The second-order valence-corrected chi connectivity index (χ2v) is 3.85. The molecule has 0 spiro atoms. The van der Waals surface area contributed by atoms with Crippen molar-refractivity contribution >= 4 is 12.2 Å². The third-order valence-corrected chi connectivity index (χ3v) is 2.42. The van der Waals surface area contributed by atoms with E-state index in [9.17, 15) is 0 Å². The van der Waals surface area contributed by atoms with Gasteiger partial charge >= 0.3 is 0 Å². The number of nitrogens with zero attached hydrogens (tertiary/aromatic N) is 3. The second-order valence-electron chi connectivity index (χ2n) is 3.47. The van der Waals surface area contributed by atoms with E-state index in [-0.39, 0.29) is 0 Å². The summed E-state index contributed by atoms with van der Waals surface area (Å²) in [6.07, 6.45) is 3.75. The molecular weight excluding hydrogens is 208 g/mol. The zero-order chi connectivity index (χ0) is 10.8. The van der Waals surface area contributed by atoms with Crippen molar-refractivity contribution in [2.75, 3.05) is 0 Å². The summed E-state index contributed by atoms with van der Waals surface area (Å²) in [5.74, 6) is 0.784. The van der Waals surface area contributed by atoms with Gasteiger partial charge in [-0.05, 0) is 32.1 Å². The third kappa shape index (κ3) is 2.30. The molecule has 15 heavy (non-hydrogen) atoms. The first-order valence-electron chi connectivity index (χ1n) is 4.70. The highest BCUT2D eigenvalue weighted by Crippen LogP contribution is 2.02. The summed E-state index contributed by atoms with van der Waals surface area (Å²) in [7, 11) is 0. The van der Waals surface area contributed by atoms with Crippen molar-refractivity contribution in [3.8, 4) is 0 Å². The number of hydrogen-bond acceptors (Lipinski definition) is 3. The molecule has 5 heteroatoms. The Balaban J connectivity index is 2.29. The zero-order valence-corrected chi connectivity index (χ0v) is 9.51. The number of aryl methyl sites for hydroxylation is 2. The number of rotatable bonds is 2. The van der Waals surface area contributed by atoms with Crippen LogP contribution in [-0.2, 0) is 6.54 Å². The average molecular weight is 220 g/mol. The maximum Gasteiger partial charge on any atom is 0.177 e. The molecule has 0 radical (unpaired) electrons. The number of aromatic amines is 1. The van der Waals surface area contributed by atoms with Crippen LogP contribution in [0.3, 0.4) is 0 Å². The predicted molar refractivity (Wildman–Crippen MR) is 60.2 cm³/mol. The van der Waals surface area contributed by atoms with Gasteiger partial charge in [-0.15, -0.1) is 0 Å². The molecule has 2 aromatic heterocycles. The summed E-state index contributed by atoms with van der Waals surface area (Å²) in [5.41, 5.74) is 2.03. The molecule has 0 saturated heterocycles. The van der Waals surface area contributed by atoms with Gasteiger partial charge in [-0.2, -0.15) is 0 Å². The Morgan fingerprint density at radius 3 is 2.87 bits per heavy atom. The number of imidazole rings is 1. The van der Waals surface area contributed by atoms with Gasteiger partial charge < -0.3 is 9.55 Å². The van der Waals surface area contributed by atoms with E-state index < -0.39 is 0 Å². The Hall–Kier alpha value is -1.49. The number of nitrogens with one attached hydrogen (secondary N) is 1. The van der Waals surface area contributed by atoms with Crippen LogP contribution in [0.4, 0.5) is 0 Å². The van der Waals surface area contributed by atoms with E-state index in [0.717, 1.165) is 22.0 Å². The zero-order valence-electron chi connectivity index (χ0n) is 8.69. The topological polar surface area (TPSA) is 46.5 Å². The molecule has 2 aromatic rings. The van der Waals surface area contributed by atoms with Gasteiger partial charge in [0, 0.05) is 18.1 Å². The van der Waals surface area contributed by atoms with Gasteiger partial charge in [0.15, 0.2) is 4.77 Å². The van der Waals surface area contributed by atoms with Crippen molar-refractivity contribution in [2.45, 2.75) is 20.4 Å². The van der Waals surface area contributed by atoms with Crippen LogP contribution in [0.2, 0.25) is 0 Å². The van der Waals surface area contributed by atoms with Crippen molar-refractivity contribution in [3.05, 3.63) is 40.4 Å². The van der Waals surface area contributed by atoms with Crippen LogP contribution in [0.1, 0.15) is 17.2 Å². The van der Waals surface area contributed by atoms with Crippen LogP contribution in [0.5, 0.6) is 0 Å². The molecule has 0 aliphatic heterocycles. The molecule has 1 N–H and O–H groups in total. The second kappa shape index (κ2) is 3.94. The maximum absolute atomic E-state index is 5.17. The van der Waals surface area contributed by atoms with E-state index >= 15 is 0 Å².